The van der Waals surface area contributed by atoms with Crippen molar-refractivity contribution in [2.75, 3.05) is 7.05 Å². The molecule has 0 amide bonds. The second-order valence-corrected chi connectivity index (χ2v) is 3.53. The molecule has 1 rings (SSSR count). The van der Waals surface area contributed by atoms with Crippen LogP contribution in [0.3, 0.4) is 0 Å². The van der Waals surface area contributed by atoms with Gasteiger partial charge >= 0.3 is 5.97 Å². The van der Waals surface area contributed by atoms with Gasteiger partial charge in [-0.3, -0.25) is 4.79 Å². The zero-order chi connectivity index (χ0) is 9.84. The number of carboxylic acid groups (broad SMARTS) is 1. The van der Waals surface area contributed by atoms with Gasteiger partial charge in [0.1, 0.15) is 6.04 Å². The van der Waals surface area contributed by atoms with E-state index in [4.69, 9.17) is 5.11 Å². The molecule has 0 aliphatic carbocycles. The van der Waals surface area contributed by atoms with E-state index in [-0.39, 0.29) is 0 Å². The number of carbonyl (C=O) groups is 1. The van der Waals surface area contributed by atoms with Gasteiger partial charge in [-0.15, -0.1) is 0 Å². The zero-order valence-electron chi connectivity index (χ0n) is 7.12. The fourth-order valence-electron chi connectivity index (χ4n) is 1.12. The molecular weight excluding hydrogens is 234 g/mol. The Bertz CT molecular complexity index is 314. The van der Waals surface area contributed by atoms with E-state index in [9.17, 15) is 4.79 Å². The normalized spacial score (nSPS) is 12.5. The molecule has 0 aliphatic heterocycles. The summed E-state index contributed by atoms with van der Waals surface area (Å²) in [4.78, 5) is 10.8. The third-order valence-corrected chi connectivity index (χ3v) is 2.21. The Kier molecular flexibility index (Phi) is 3.45. The van der Waals surface area contributed by atoms with Crippen LogP contribution in [0.15, 0.2) is 28.7 Å². The standard InChI is InChI=1S/C9H10BrNO2/c1-11-8(9(12)13)6-3-2-4-7(10)5-6/h2-5,8,11H,1H3,(H,12,13). The van der Waals surface area contributed by atoms with Crippen molar-refractivity contribution < 1.29 is 9.90 Å². The van der Waals surface area contributed by atoms with Gasteiger partial charge in [0, 0.05) is 4.47 Å². The summed E-state index contributed by atoms with van der Waals surface area (Å²) in [7, 11) is 1.62. The fraction of sp³-hybridized carbons (Fsp3) is 0.222. The van der Waals surface area contributed by atoms with Crippen molar-refractivity contribution in [3.63, 3.8) is 0 Å². The predicted octanol–water partition coefficient (Wildman–Crippen LogP) is 1.79. The van der Waals surface area contributed by atoms with E-state index in [0.717, 1.165) is 10.0 Å². The number of likely N-dealkylation sites (N-methyl/N-ethyl adjacent to an activating group) is 1. The van der Waals surface area contributed by atoms with Gasteiger partial charge in [-0.1, -0.05) is 28.1 Å². The molecule has 0 aromatic heterocycles. The molecule has 4 heteroatoms. The Morgan fingerprint density at radius 2 is 2.31 bits per heavy atom. The first-order valence-corrected chi connectivity index (χ1v) is 4.60. The lowest BCUT2D eigenvalue weighted by Crippen LogP contribution is -2.24. The van der Waals surface area contributed by atoms with E-state index in [0.29, 0.717) is 0 Å². The molecule has 0 saturated carbocycles. The van der Waals surface area contributed by atoms with Crippen molar-refractivity contribution in [3.05, 3.63) is 34.3 Å². The Labute approximate surface area is 84.9 Å². The van der Waals surface area contributed by atoms with Crippen LogP contribution in [0.5, 0.6) is 0 Å². The van der Waals surface area contributed by atoms with Crippen LogP contribution in [0.1, 0.15) is 11.6 Å². The molecule has 13 heavy (non-hydrogen) atoms. The number of hydrogen-bond acceptors (Lipinski definition) is 2. The topological polar surface area (TPSA) is 49.3 Å². The van der Waals surface area contributed by atoms with E-state index in [1.165, 1.54) is 0 Å². The van der Waals surface area contributed by atoms with Crippen LogP contribution >= 0.6 is 15.9 Å². The molecule has 2 N–H and O–H groups in total. The van der Waals surface area contributed by atoms with Gasteiger partial charge in [0.15, 0.2) is 0 Å². The summed E-state index contributed by atoms with van der Waals surface area (Å²) in [6, 6.07) is 6.60. The van der Waals surface area contributed by atoms with Gasteiger partial charge in [0.05, 0.1) is 0 Å². The maximum absolute atomic E-state index is 10.8. The van der Waals surface area contributed by atoms with Gasteiger partial charge < -0.3 is 10.4 Å². The van der Waals surface area contributed by atoms with Crippen LogP contribution < -0.4 is 5.32 Å². The summed E-state index contributed by atoms with van der Waals surface area (Å²) >= 11 is 3.29. The Morgan fingerprint density at radius 1 is 1.62 bits per heavy atom. The third-order valence-electron chi connectivity index (χ3n) is 1.72. The maximum Gasteiger partial charge on any atom is 0.325 e. The zero-order valence-corrected chi connectivity index (χ0v) is 8.71. The van der Waals surface area contributed by atoms with Crippen LogP contribution in [-0.2, 0) is 4.79 Å². The minimum atomic E-state index is -0.874. The highest BCUT2D eigenvalue weighted by Gasteiger charge is 2.16. The lowest BCUT2D eigenvalue weighted by atomic mass is 10.1. The fourth-order valence-corrected chi connectivity index (χ4v) is 1.54. The van der Waals surface area contributed by atoms with Gasteiger partial charge in [-0.2, -0.15) is 0 Å². The molecule has 0 bridgehead atoms. The molecule has 0 fully saturated rings. The summed E-state index contributed by atoms with van der Waals surface area (Å²) in [5, 5.41) is 11.6. The summed E-state index contributed by atoms with van der Waals surface area (Å²) in [6.45, 7) is 0. The van der Waals surface area contributed by atoms with Crippen LogP contribution in [0.4, 0.5) is 0 Å². The second-order valence-electron chi connectivity index (χ2n) is 2.61. The number of rotatable bonds is 3. The highest BCUT2D eigenvalue weighted by Crippen LogP contribution is 2.17. The monoisotopic (exact) mass is 243 g/mol. The molecule has 1 aromatic rings. The minimum absolute atomic E-state index is 0.641. The average Bonchev–Trinajstić information content (AvgIpc) is 2.04. The Balaban J connectivity index is 2.98. The van der Waals surface area contributed by atoms with E-state index < -0.39 is 12.0 Å². The number of benzene rings is 1. The summed E-state index contributed by atoms with van der Waals surface area (Å²) in [5.41, 5.74) is 0.740. The molecular formula is C9H10BrNO2. The van der Waals surface area contributed by atoms with Crippen LogP contribution in [0.2, 0.25) is 0 Å². The Morgan fingerprint density at radius 3 is 2.77 bits per heavy atom. The summed E-state index contributed by atoms with van der Waals surface area (Å²) < 4.78 is 0.881. The van der Waals surface area contributed by atoms with Gasteiger partial charge in [0.2, 0.25) is 0 Å². The summed E-state index contributed by atoms with van der Waals surface area (Å²) in [6.07, 6.45) is 0. The molecule has 0 spiro atoms. The van der Waals surface area contributed by atoms with E-state index in [1.807, 2.05) is 12.1 Å². The minimum Gasteiger partial charge on any atom is -0.480 e. The predicted molar refractivity (Wildman–Crippen MR) is 53.6 cm³/mol. The molecule has 1 unspecified atom stereocenters. The largest absolute Gasteiger partial charge is 0.480 e. The van der Waals surface area contributed by atoms with Gasteiger partial charge in [0.25, 0.3) is 0 Å². The molecule has 0 radical (unpaired) electrons. The Hall–Kier alpha value is -0.870. The molecule has 3 nitrogen and oxygen atoms in total. The number of hydrogen-bond donors (Lipinski definition) is 2. The molecule has 1 atom stereocenters. The van der Waals surface area contributed by atoms with Crippen LogP contribution in [0, 0.1) is 0 Å². The van der Waals surface area contributed by atoms with Crippen molar-refractivity contribution in [1.29, 1.82) is 0 Å². The van der Waals surface area contributed by atoms with Crippen molar-refractivity contribution in [1.82, 2.24) is 5.32 Å². The first-order valence-electron chi connectivity index (χ1n) is 3.80. The number of carboxylic acids is 1. The third kappa shape index (κ3) is 2.54. The molecule has 0 aliphatic rings. The molecule has 70 valence electrons. The molecule has 0 saturated heterocycles. The summed E-state index contributed by atoms with van der Waals surface area (Å²) in [5.74, 6) is -0.874. The quantitative estimate of drug-likeness (QED) is 0.852. The lowest BCUT2D eigenvalue weighted by molar-refractivity contribution is -0.139. The SMILES string of the molecule is CNC(C(=O)O)c1cccc(Br)c1. The van der Waals surface area contributed by atoms with E-state index in [1.54, 1.807) is 19.2 Å². The first-order chi connectivity index (χ1) is 6.15. The van der Waals surface area contributed by atoms with Crippen LogP contribution in [0.25, 0.3) is 0 Å². The average molecular weight is 244 g/mol. The lowest BCUT2D eigenvalue weighted by Gasteiger charge is -2.11. The highest BCUT2D eigenvalue weighted by atomic mass is 79.9. The first kappa shape index (κ1) is 10.2. The highest BCUT2D eigenvalue weighted by molar-refractivity contribution is 9.10. The van der Waals surface area contributed by atoms with Crippen molar-refractivity contribution in [3.8, 4) is 0 Å². The number of aliphatic carboxylic acids is 1. The molecule has 0 heterocycles. The number of nitrogens with one attached hydrogen (secondary N) is 1. The van der Waals surface area contributed by atoms with Crippen molar-refractivity contribution >= 4 is 21.9 Å². The van der Waals surface area contributed by atoms with Crippen molar-refractivity contribution in [2.45, 2.75) is 6.04 Å². The number of halogens is 1. The molecule has 1 aromatic carbocycles. The van der Waals surface area contributed by atoms with Crippen molar-refractivity contribution in [2.24, 2.45) is 0 Å². The smallest absolute Gasteiger partial charge is 0.325 e. The van der Waals surface area contributed by atoms with Crippen LogP contribution in [-0.4, -0.2) is 18.1 Å². The maximum atomic E-state index is 10.8. The van der Waals surface area contributed by atoms with E-state index >= 15 is 0 Å². The second kappa shape index (κ2) is 4.39. The van der Waals surface area contributed by atoms with Gasteiger partial charge in [-0.25, -0.2) is 0 Å². The van der Waals surface area contributed by atoms with E-state index in [2.05, 4.69) is 21.2 Å². The van der Waals surface area contributed by atoms with Gasteiger partial charge in [-0.05, 0) is 24.7 Å².